The number of likely N-dealkylation sites (tertiary alicyclic amines) is 1. The van der Waals surface area contributed by atoms with Crippen LogP contribution >= 0.6 is 0 Å². The molecular weight excluding hydrogens is 373 g/mol. The predicted molar refractivity (Wildman–Crippen MR) is 108 cm³/mol. The number of halogens is 1. The molecule has 1 saturated heterocycles. The van der Waals surface area contributed by atoms with Crippen molar-refractivity contribution in [2.24, 2.45) is 0 Å². The fraction of sp³-hybridized carbons (Fsp3) is 0.364. The molecule has 0 unspecified atom stereocenters. The van der Waals surface area contributed by atoms with Crippen molar-refractivity contribution in [2.75, 3.05) is 33.3 Å². The van der Waals surface area contributed by atoms with Crippen molar-refractivity contribution in [1.29, 1.82) is 0 Å². The fourth-order valence-electron chi connectivity index (χ4n) is 3.47. The SMILES string of the molecule is COc1ccc([C@@H](CNC(=O)CNC(=O)c2ccc(F)cc2)N2CCCC2)cc1. The summed E-state index contributed by atoms with van der Waals surface area (Å²) < 4.78 is 18.2. The van der Waals surface area contributed by atoms with Gasteiger partial charge in [-0.05, 0) is 67.9 Å². The number of rotatable bonds is 8. The molecule has 1 atom stereocenters. The number of carbonyl (C=O) groups excluding carboxylic acids is 2. The number of amides is 2. The summed E-state index contributed by atoms with van der Waals surface area (Å²) in [4.78, 5) is 26.7. The first kappa shape index (κ1) is 20.8. The lowest BCUT2D eigenvalue weighted by Gasteiger charge is -2.28. The number of nitrogens with zero attached hydrogens (tertiary/aromatic N) is 1. The van der Waals surface area contributed by atoms with Crippen LogP contribution in [0.4, 0.5) is 4.39 Å². The van der Waals surface area contributed by atoms with E-state index in [9.17, 15) is 14.0 Å². The van der Waals surface area contributed by atoms with Gasteiger partial charge in [0.1, 0.15) is 11.6 Å². The standard InChI is InChI=1S/C22H26FN3O3/c1-29-19-10-6-16(7-11-19)20(26-12-2-3-13-26)14-24-21(27)15-25-22(28)17-4-8-18(23)9-5-17/h4-11,20H,2-3,12-15H2,1H3,(H,24,27)(H,25,28)/t20-/m1/s1. The highest BCUT2D eigenvalue weighted by Crippen LogP contribution is 2.26. The number of nitrogens with one attached hydrogen (secondary N) is 2. The van der Waals surface area contributed by atoms with Gasteiger partial charge in [0.25, 0.3) is 5.91 Å². The first-order valence-electron chi connectivity index (χ1n) is 9.75. The van der Waals surface area contributed by atoms with Gasteiger partial charge in [-0.3, -0.25) is 14.5 Å². The van der Waals surface area contributed by atoms with Gasteiger partial charge in [-0.25, -0.2) is 4.39 Å². The van der Waals surface area contributed by atoms with Crippen LogP contribution in [0.1, 0.15) is 34.8 Å². The third-order valence-corrected chi connectivity index (χ3v) is 5.09. The molecule has 29 heavy (non-hydrogen) atoms. The summed E-state index contributed by atoms with van der Waals surface area (Å²) >= 11 is 0. The monoisotopic (exact) mass is 399 g/mol. The van der Waals surface area contributed by atoms with Crippen LogP contribution in [0, 0.1) is 5.82 Å². The Bertz CT molecular complexity index is 818. The lowest BCUT2D eigenvalue weighted by Crippen LogP contribution is -2.41. The van der Waals surface area contributed by atoms with Crippen LogP contribution in [-0.4, -0.2) is 50.0 Å². The first-order valence-corrected chi connectivity index (χ1v) is 9.75. The van der Waals surface area contributed by atoms with Crippen molar-refractivity contribution in [3.8, 4) is 5.75 Å². The fourth-order valence-corrected chi connectivity index (χ4v) is 3.47. The van der Waals surface area contributed by atoms with Gasteiger partial charge >= 0.3 is 0 Å². The van der Waals surface area contributed by atoms with E-state index in [0.717, 1.165) is 37.2 Å². The molecule has 0 aromatic heterocycles. The maximum absolute atomic E-state index is 12.9. The van der Waals surface area contributed by atoms with Gasteiger partial charge in [0.15, 0.2) is 0 Å². The zero-order valence-electron chi connectivity index (χ0n) is 16.5. The maximum Gasteiger partial charge on any atom is 0.251 e. The Morgan fingerprint density at radius 2 is 1.69 bits per heavy atom. The second-order valence-corrected chi connectivity index (χ2v) is 7.03. The molecule has 1 heterocycles. The normalized spacial score (nSPS) is 15.0. The molecule has 6 nitrogen and oxygen atoms in total. The van der Waals surface area contributed by atoms with Crippen LogP contribution in [0.25, 0.3) is 0 Å². The summed E-state index contributed by atoms with van der Waals surface area (Å²) in [6, 6.07) is 13.1. The molecule has 1 aliphatic rings. The van der Waals surface area contributed by atoms with E-state index in [1.54, 1.807) is 7.11 Å². The number of benzene rings is 2. The van der Waals surface area contributed by atoms with Crippen LogP contribution in [0.2, 0.25) is 0 Å². The number of hydrogen-bond donors (Lipinski definition) is 2. The van der Waals surface area contributed by atoms with Crippen LogP contribution in [0.5, 0.6) is 5.75 Å². The van der Waals surface area contributed by atoms with Crippen LogP contribution in [-0.2, 0) is 4.79 Å². The molecule has 3 rings (SSSR count). The van der Waals surface area contributed by atoms with Gasteiger partial charge in [0, 0.05) is 12.1 Å². The van der Waals surface area contributed by atoms with E-state index in [-0.39, 0.29) is 18.5 Å². The highest BCUT2D eigenvalue weighted by atomic mass is 19.1. The van der Waals surface area contributed by atoms with E-state index >= 15 is 0 Å². The molecule has 0 radical (unpaired) electrons. The first-order chi connectivity index (χ1) is 14.1. The van der Waals surface area contributed by atoms with E-state index in [4.69, 9.17) is 4.74 Å². The summed E-state index contributed by atoms with van der Waals surface area (Å²) in [5, 5.41) is 5.48. The Kier molecular flexibility index (Phi) is 7.19. The van der Waals surface area contributed by atoms with Crippen molar-refractivity contribution in [1.82, 2.24) is 15.5 Å². The quantitative estimate of drug-likeness (QED) is 0.716. The summed E-state index contributed by atoms with van der Waals surface area (Å²) in [5.74, 6) is -0.295. The average Bonchev–Trinajstić information content (AvgIpc) is 3.27. The molecular formula is C22H26FN3O3. The van der Waals surface area contributed by atoms with Gasteiger partial charge in [0.05, 0.1) is 19.7 Å². The Hall–Kier alpha value is -2.93. The van der Waals surface area contributed by atoms with Crippen molar-refractivity contribution in [2.45, 2.75) is 18.9 Å². The van der Waals surface area contributed by atoms with Gasteiger partial charge in [0.2, 0.25) is 5.91 Å². The third kappa shape index (κ3) is 5.77. The molecule has 2 aromatic carbocycles. The maximum atomic E-state index is 12.9. The van der Waals surface area contributed by atoms with Crippen molar-refractivity contribution >= 4 is 11.8 Å². The predicted octanol–water partition coefficient (Wildman–Crippen LogP) is 2.52. The van der Waals surface area contributed by atoms with Crippen molar-refractivity contribution in [3.63, 3.8) is 0 Å². The van der Waals surface area contributed by atoms with E-state index in [2.05, 4.69) is 15.5 Å². The molecule has 1 fully saturated rings. The second kappa shape index (κ2) is 10.0. The van der Waals surface area contributed by atoms with Gasteiger partial charge in [-0.15, -0.1) is 0 Å². The Balaban J connectivity index is 1.54. The van der Waals surface area contributed by atoms with Crippen LogP contribution < -0.4 is 15.4 Å². The Morgan fingerprint density at radius 3 is 2.31 bits per heavy atom. The zero-order valence-corrected chi connectivity index (χ0v) is 16.5. The number of ether oxygens (including phenoxy) is 1. The minimum absolute atomic E-state index is 0.0696. The highest BCUT2D eigenvalue weighted by Gasteiger charge is 2.24. The molecule has 2 aromatic rings. The van der Waals surface area contributed by atoms with Gasteiger partial charge in [-0.1, -0.05) is 12.1 Å². The lowest BCUT2D eigenvalue weighted by molar-refractivity contribution is -0.120. The molecule has 7 heteroatoms. The summed E-state index contributed by atoms with van der Waals surface area (Å²) in [7, 11) is 1.63. The van der Waals surface area contributed by atoms with Crippen LogP contribution in [0.15, 0.2) is 48.5 Å². The summed E-state index contributed by atoms with van der Waals surface area (Å²) in [6.07, 6.45) is 2.29. The van der Waals surface area contributed by atoms with E-state index in [1.165, 1.54) is 24.3 Å². The van der Waals surface area contributed by atoms with Crippen molar-refractivity contribution in [3.05, 3.63) is 65.5 Å². The topological polar surface area (TPSA) is 70.7 Å². The summed E-state index contributed by atoms with van der Waals surface area (Å²) in [6.45, 7) is 2.31. The Labute approximate surface area is 170 Å². The molecule has 154 valence electrons. The van der Waals surface area contributed by atoms with Gasteiger partial charge in [-0.2, -0.15) is 0 Å². The van der Waals surface area contributed by atoms with E-state index in [0.29, 0.717) is 12.1 Å². The molecule has 2 N–H and O–H groups in total. The second-order valence-electron chi connectivity index (χ2n) is 7.03. The lowest BCUT2D eigenvalue weighted by atomic mass is 10.1. The number of carbonyl (C=O) groups is 2. The Morgan fingerprint density at radius 1 is 1.03 bits per heavy atom. The zero-order chi connectivity index (χ0) is 20.6. The molecule has 0 saturated carbocycles. The minimum atomic E-state index is -0.411. The molecule has 0 aliphatic carbocycles. The van der Waals surface area contributed by atoms with Crippen molar-refractivity contribution < 1.29 is 18.7 Å². The van der Waals surface area contributed by atoms with Gasteiger partial charge < -0.3 is 15.4 Å². The molecule has 0 bridgehead atoms. The summed E-state index contributed by atoms with van der Waals surface area (Å²) in [5.41, 5.74) is 1.43. The van der Waals surface area contributed by atoms with E-state index in [1.807, 2.05) is 24.3 Å². The number of methoxy groups -OCH3 is 1. The highest BCUT2D eigenvalue weighted by molar-refractivity contribution is 5.96. The molecule has 1 aliphatic heterocycles. The van der Waals surface area contributed by atoms with Crippen LogP contribution in [0.3, 0.4) is 0 Å². The number of hydrogen-bond acceptors (Lipinski definition) is 4. The van der Waals surface area contributed by atoms with E-state index < -0.39 is 11.7 Å². The molecule has 0 spiro atoms. The minimum Gasteiger partial charge on any atom is -0.497 e. The largest absolute Gasteiger partial charge is 0.497 e. The third-order valence-electron chi connectivity index (χ3n) is 5.09. The molecule has 2 amide bonds. The smallest absolute Gasteiger partial charge is 0.251 e. The average molecular weight is 399 g/mol.